The van der Waals surface area contributed by atoms with Crippen LogP contribution in [-0.4, -0.2) is 6.61 Å². The van der Waals surface area contributed by atoms with Gasteiger partial charge in [-0.25, -0.2) is 0 Å². The Balaban J connectivity index is 1.74. The Bertz CT molecular complexity index is 613. The van der Waals surface area contributed by atoms with E-state index < -0.39 is 0 Å². The van der Waals surface area contributed by atoms with Gasteiger partial charge in [-0.3, -0.25) is 0 Å². The molecule has 2 nitrogen and oxygen atoms in total. The molecule has 2 aromatic rings. The van der Waals surface area contributed by atoms with Crippen molar-refractivity contribution in [2.45, 2.75) is 13.0 Å². The summed E-state index contributed by atoms with van der Waals surface area (Å²) in [6.07, 6.45) is 0.975. The van der Waals surface area contributed by atoms with Crippen LogP contribution in [-0.2, 0) is 13.0 Å². The second-order valence-electron chi connectivity index (χ2n) is 4.49. The van der Waals surface area contributed by atoms with E-state index in [2.05, 4.69) is 11.4 Å². The summed E-state index contributed by atoms with van der Waals surface area (Å²) in [5, 5.41) is 4.56. The summed E-state index contributed by atoms with van der Waals surface area (Å²) in [6.45, 7) is 1.43. The number of benzene rings is 2. The third-order valence-corrected chi connectivity index (χ3v) is 4.06. The van der Waals surface area contributed by atoms with Crippen molar-refractivity contribution in [3.8, 4) is 5.75 Å². The van der Waals surface area contributed by atoms with E-state index in [0.717, 1.165) is 30.0 Å². The molecule has 1 heterocycles. The number of fused-ring (bicyclic) bond motifs is 1. The topological polar surface area (TPSA) is 21.3 Å². The first-order chi connectivity index (χ1) is 9.24. The molecule has 0 amide bonds. The highest BCUT2D eigenvalue weighted by molar-refractivity contribution is 6.42. The second kappa shape index (κ2) is 5.32. The van der Waals surface area contributed by atoms with Crippen LogP contribution >= 0.6 is 23.2 Å². The molecular weight excluding hydrogens is 281 g/mol. The largest absolute Gasteiger partial charge is 0.493 e. The fourth-order valence-electron chi connectivity index (χ4n) is 2.18. The van der Waals surface area contributed by atoms with E-state index in [1.54, 1.807) is 6.07 Å². The lowest BCUT2D eigenvalue weighted by Crippen LogP contribution is -2.00. The Morgan fingerprint density at radius 3 is 2.95 bits per heavy atom. The Kier molecular flexibility index (Phi) is 3.54. The number of ether oxygens (including phenoxy) is 1. The normalized spacial score (nSPS) is 12.9. The van der Waals surface area contributed by atoms with E-state index >= 15 is 0 Å². The van der Waals surface area contributed by atoms with E-state index in [1.807, 2.05) is 24.3 Å². The van der Waals surface area contributed by atoms with Gasteiger partial charge in [0.05, 0.1) is 16.7 Å². The molecule has 1 aliphatic rings. The zero-order valence-electron chi connectivity index (χ0n) is 10.2. The molecule has 0 unspecified atom stereocenters. The molecule has 0 atom stereocenters. The maximum absolute atomic E-state index is 6.16. The van der Waals surface area contributed by atoms with E-state index in [4.69, 9.17) is 27.9 Å². The van der Waals surface area contributed by atoms with Gasteiger partial charge in [-0.15, -0.1) is 0 Å². The predicted octanol–water partition coefficient (Wildman–Crippen LogP) is 4.54. The lowest BCUT2D eigenvalue weighted by atomic mass is 10.1. The molecule has 3 rings (SSSR count). The van der Waals surface area contributed by atoms with Crippen LogP contribution in [0.15, 0.2) is 36.4 Å². The number of hydrogen-bond acceptors (Lipinski definition) is 2. The first-order valence-electron chi connectivity index (χ1n) is 6.16. The SMILES string of the molecule is Clc1cccc(CNc2ccc3c(c2)CCO3)c1Cl. The van der Waals surface area contributed by atoms with Crippen LogP contribution in [0.1, 0.15) is 11.1 Å². The van der Waals surface area contributed by atoms with Crippen molar-refractivity contribution in [3.63, 3.8) is 0 Å². The Morgan fingerprint density at radius 1 is 1.16 bits per heavy atom. The molecule has 98 valence electrons. The first-order valence-corrected chi connectivity index (χ1v) is 6.92. The predicted molar refractivity (Wildman–Crippen MR) is 79.4 cm³/mol. The molecule has 0 saturated heterocycles. The molecule has 0 fully saturated rings. The summed E-state index contributed by atoms with van der Waals surface area (Å²) in [5.41, 5.74) is 3.31. The van der Waals surface area contributed by atoms with Crippen LogP contribution in [0, 0.1) is 0 Å². The Hall–Kier alpha value is -1.38. The molecule has 0 radical (unpaired) electrons. The zero-order valence-corrected chi connectivity index (χ0v) is 11.8. The fourth-order valence-corrected chi connectivity index (χ4v) is 2.57. The molecule has 1 N–H and O–H groups in total. The van der Waals surface area contributed by atoms with Gasteiger partial charge in [0, 0.05) is 18.7 Å². The Labute approximate surface area is 122 Å². The van der Waals surface area contributed by atoms with Crippen LogP contribution in [0.25, 0.3) is 0 Å². The summed E-state index contributed by atoms with van der Waals surface area (Å²) in [4.78, 5) is 0. The van der Waals surface area contributed by atoms with E-state index in [-0.39, 0.29) is 0 Å². The highest BCUT2D eigenvalue weighted by Crippen LogP contribution is 2.29. The number of halogens is 2. The van der Waals surface area contributed by atoms with Crippen LogP contribution in [0.4, 0.5) is 5.69 Å². The number of rotatable bonds is 3. The second-order valence-corrected chi connectivity index (χ2v) is 5.27. The van der Waals surface area contributed by atoms with Crippen molar-refractivity contribution in [2.75, 3.05) is 11.9 Å². The molecule has 2 aromatic carbocycles. The fraction of sp³-hybridized carbons (Fsp3) is 0.200. The number of hydrogen-bond donors (Lipinski definition) is 1. The third kappa shape index (κ3) is 2.65. The third-order valence-electron chi connectivity index (χ3n) is 3.20. The first kappa shape index (κ1) is 12.6. The maximum atomic E-state index is 6.16. The number of anilines is 1. The average molecular weight is 294 g/mol. The van der Waals surface area contributed by atoms with E-state index in [0.29, 0.717) is 16.6 Å². The molecule has 0 aliphatic carbocycles. The van der Waals surface area contributed by atoms with Gasteiger partial charge in [0.2, 0.25) is 0 Å². The quantitative estimate of drug-likeness (QED) is 0.897. The minimum atomic E-state index is 0.586. The molecule has 0 spiro atoms. The van der Waals surface area contributed by atoms with Crippen LogP contribution in [0.3, 0.4) is 0 Å². The lowest BCUT2D eigenvalue weighted by molar-refractivity contribution is 0.357. The van der Waals surface area contributed by atoms with Crippen LogP contribution in [0.2, 0.25) is 10.0 Å². The summed E-state index contributed by atoms with van der Waals surface area (Å²) in [6, 6.07) is 11.8. The molecule has 0 saturated carbocycles. The zero-order chi connectivity index (χ0) is 13.2. The molecule has 0 bridgehead atoms. The van der Waals surface area contributed by atoms with Crippen molar-refractivity contribution < 1.29 is 4.74 Å². The monoisotopic (exact) mass is 293 g/mol. The van der Waals surface area contributed by atoms with Gasteiger partial charge >= 0.3 is 0 Å². The summed E-state index contributed by atoms with van der Waals surface area (Å²) in [5.74, 6) is 0.992. The molecular formula is C15H13Cl2NO. The van der Waals surface area contributed by atoms with E-state index in [1.165, 1.54) is 5.56 Å². The van der Waals surface area contributed by atoms with Crippen molar-refractivity contribution >= 4 is 28.9 Å². The lowest BCUT2D eigenvalue weighted by Gasteiger charge is -2.10. The summed E-state index contributed by atoms with van der Waals surface area (Å²) in [7, 11) is 0. The van der Waals surface area contributed by atoms with Gasteiger partial charge in [-0.2, -0.15) is 0 Å². The summed E-state index contributed by atoms with van der Waals surface area (Å²) >= 11 is 12.2. The van der Waals surface area contributed by atoms with Gasteiger partial charge in [0.1, 0.15) is 5.75 Å². The molecule has 1 aliphatic heterocycles. The highest BCUT2D eigenvalue weighted by Gasteiger charge is 2.12. The van der Waals surface area contributed by atoms with Crippen molar-refractivity contribution in [1.82, 2.24) is 0 Å². The van der Waals surface area contributed by atoms with Gasteiger partial charge in [-0.1, -0.05) is 35.3 Å². The van der Waals surface area contributed by atoms with Crippen molar-refractivity contribution in [1.29, 1.82) is 0 Å². The van der Waals surface area contributed by atoms with Gasteiger partial charge in [0.15, 0.2) is 0 Å². The maximum Gasteiger partial charge on any atom is 0.122 e. The van der Waals surface area contributed by atoms with Gasteiger partial charge in [-0.05, 0) is 35.4 Å². The highest BCUT2D eigenvalue weighted by atomic mass is 35.5. The van der Waals surface area contributed by atoms with Crippen molar-refractivity contribution in [3.05, 3.63) is 57.6 Å². The van der Waals surface area contributed by atoms with Crippen molar-refractivity contribution in [2.24, 2.45) is 0 Å². The number of nitrogens with one attached hydrogen (secondary N) is 1. The van der Waals surface area contributed by atoms with Gasteiger partial charge < -0.3 is 10.1 Å². The molecule has 19 heavy (non-hydrogen) atoms. The van der Waals surface area contributed by atoms with Gasteiger partial charge in [0.25, 0.3) is 0 Å². The smallest absolute Gasteiger partial charge is 0.122 e. The minimum Gasteiger partial charge on any atom is -0.493 e. The standard InChI is InChI=1S/C15H13Cl2NO/c16-13-3-1-2-11(15(13)17)9-18-12-4-5-14-10(8-12)6-7-19-14/h1-5,8,18H,6-7,9H2. The van der Waals surface area contributed by atoms with Crippen LogP contribution in [0.5, 0.6) is 5.75 Å². The van der Waals surface area contributed by atoms with E-state index in [9.17, 15) is 0 Å². The molecule has 0 aromatic heterocycles. The molecule has 4 heteroatoms. The summed E-state index contributed by atoms with van der Waals surface area (Å²) < 4.78 is 5.48. The minimum absolute atomic E-state index is 0.586. The average Bonchev–Trinajstić information content (AvgIpc) is 2.88. The Morgan fingerprint density at radius 2 is 2.05 bits per heavy atom. The van der Waals surface area contributed by atoms with Crippen LogP contribution < -0.4 is 10.1 Å².